The van der Waals surface area contributed by atoms with E-state index in [1.54, 1.807) is 6.07 Å². The number of nitrogens with one attached hydrogen (secondary N) is 1. The molecule has 1 unspecified atom stereocenters. The molecule has 1 aliphatic rings. The number of aromatic nitrogens is 1. The van der Waals surface area contributed by atoms with E-state index in [1.807, 2.05) is 6.07 Å². The Kier molecular flexibility index (Phi) is 4.30. The molecule has 5 heteroatoms. The van der Waals surface area contributed by atoms with Crippen molar-refractivity contribution in [1.29, 1.82) is 0 Å². The van der Waals surface area contributed by atoms with Gasteiger partial charge in [0.25, 0.3) is 0 Å². The van der Waals surface area contributed by atoms with E-state index in [-0.39, 0.29) is 11.9 Å². The second kappa shape index (κ2) is 5.95. The van der Waals surface area contributed by atoms with Crippen molar-refractivity contribution >= 4 is 0 Å². The van der Waals surface area contributed by atoms with Gasteiger partial charge in [-0.1, -0.05) is 0 Å². The molecular weight excluding hydrogens is 218 g/mol. The van der Waals surface area contributed by atoms with E-state index < -0.39 is 0 Å². The van der Waals surface area contributed by atoms with Crippen molar-refractivity contribution in [3.8, 4) is 5.75 Å². The van der Waals surface area contributed by atoms with E-state index in [4.69, 9.17) is 9.84 Å². The van der Waals surface area contributed by atoms with Gasteiger partial charge in [-0.3, -0.25) is 4.98 Å². The summed E-state index contributed by atoms with van der Waals surface area (Å²) in [5.74, 6) is 0.200. The Hall–Kier alpha value is -1.17. The van der Waals surface area contributed by atoms with Crippen molar-refractivity contribution in [2.75, 3.05) is 33.3 Å². The molecule has 1 saturated heterocycles. The van der Waals surface area contributed by atoms with Gasteiger partial charge in [-0.25, -0.2) is 0 Å². The standard InChI is InChI=1S/C12H19N3O2/c1-15-4-5-17-12(9-15)8-13-6-10-2-3-11(16)7-14-10/h2-3,7,12-13,16H,4-6,8-9H2,1H3. The summed E-state index contributed by atoms with van der Waals surface area (Å²) in [5, 5.41) is 12.4. The first-order valence-corrected chi connectivity index (χ1v) is 5.89. The largest absolute Gasteiger partial charge is 0.506 e. The first kappa shape index (κ1) is 12.3. The molecule has 2 rings (SSSR count). The molecule has 0 saturated carbocycles. The average Bonchev–Trinajstić information content (AvgIpc) is 2.32. The third-order valence-corrected chi connectivity index (χ3v) is 2.83. The fourth-order valence-corrected chi connectivity index (χ4v) is 1.87. The first-order chi connectivity index (χ1) is 8.24. The fourth-order valence-electron chi connectivity index (χ4n) is 1.87. The number of hydrogen-bond acceptors (Lipinski definition) is 5. The minimum absolute atomic E-state index is 0.200. The molecule has 0 bridgehead atoms. The molecule has 2 heterocycles. The number of pyridine rings is 1. The Labute approximate surface area is 101 Å². The molecule has 94 valence electrons. The van der Waals surface area contributed by atoms with Gasteiger partial charge < -0.3 is 20.1 Å². The summed E-state index contributed by atoms with van der Waals surface area (Å²) >= 11 is 0. The summed E-state index contributed by atoms with van der Waals surface area (Å²) in [6.45, 7) is 4.31. The zero-order valence-electron chi connectivity index (χ0n) is 10.1. The van der Waals surface area contributed by atoms with Crippen molar-refractivity contribution in [2.24, 2.45) is 0 Å². The SMILES string of the molecule is CN1CCOC(CNCc2ccc(O)cn2)C1. The molecule has 1 aromatic rings. The van der Waals surface area contributed by atoms with Crippen molar-refractivity contribution < 1.29 is 9.84 Å². The van der Waals surface area contributed by atoms with Gasteiger partial charge >= 0.3 is 0 Å². The van der Waals surface area contributed by atoms with Crippen LogP contribution < -0.4 is 5.32 Å². The van der Waals surface area contributed by atoms with Gasteiger partial charge in [0.2, 0.25) is 0 Å². The Morgan fingerprint density at radius 2 is 2.47 bits per heavy atom. The molecule has 0 spiro atoms. The van der Waals surface area contributed by atoms with Crippen LogP contribution in [0.15, 0.2) is 18.3 Å². The van der Waals surface area contributed by atoms with Crippen LogP contribution in [0.4, 0.5) is 0 Å². The number of aromatic hydroxyl groups is 1. The second-order valence-electron chi connectivity index (χ2n) is 4.39. The number of likely N-dealkylation sites (N-methyl/N-ethyl adjacent to an activating group) is 1. The molecule has 1 atom stereocenters. The van der Waals surface area contributed by atoms with Gasteiger partial charge in [0, 0.05) is 26.2 Å². The Morgan fingerprint density at radius 3 is 3.18 bits per heavy atom. The van der Waals surface area contributed by atoms with Gasteiger partial charge in [-0.2, -0.15) is 0 Å². The van der Waals surface area contributed by atoms with Gasteiger partial charge in [-0.15, -0.1) is 0 Å². The number of nitrogens with zero attached hydrogens (tertiary/aromatic N) is 2. The van der Waals surface area contributed by atoms with E-state index in [0.717, 1.165) is 31.9 Å². The van der Waals surface area contributed by atoms with Crippen molar-refractivity contribution in [3.63, 3.8) is 0 Å². The highest BCUT2D eigenvalue weighted by atomic mass is 16.5. The molecule has 0 amide bonds. The molecule has 1 aliphatic heterocycles. The fraction of sp³-hybridized carbons (Fsp3) is 0.583. The van der Waals surface area contributed by atoms with Crippen LogP contribution in [-0.4, -0.2) is 54.4 Å². The minimum atomic E-state index is 0.200. The second-order valence-corrected chi connectivity index (χ2v) is 4.39. The van der Waals surface area contributed by atoms with Crippen LogP contribution in [0, 0.1) is 0 Å². The first-order valence-electron chi connectivity index (χ1n) is 5.89. The monoisotopic (exact) mass is 237 g/mol. The Morgan fingerprint density at radius 1 is 1.59 bits per heavy atom. The molecule has 1 aromatic heterocycles. The predicted molar refractivity (Wildman–Crippen MR) is 64.8 cm³/mol. The molecule has 1 fully saturated rings. The summed E-state index contributed by atoms with van der Waals surface area (Å²) in [4.78, 5) is 6.38. The van der Waals surface area contributed by atoms with Crippen LogP contribution in [0.2, 0.25) is 0 Å². The highest BCUT2D eigenvalue weighted by molar-refractivity contribution is 5.17. The summed E-state index contributed by atoms with van der Waals surface area (Å²) < 4.78 is 5.64. The molecule has 5 nitrogen and oxygen atoms in total. The third kappa shape index (κ3) is 3.96. The van der Waals surface area contributed by atoms with Crippen molar-refractivity contribution in [2.45, 2.75) is 12.6 Å². The lowest BCUT2D eigenvalue weighted by Crippen LogP contribution is -2.44. The smallest absolute Gasteiger partial charge is 0.133 e. The maximum Gasteiger partial charge on any atom is 0.133 e. The van der Waals surface area contributed by atoms with E-state index in [0.29, 0.717) is 6.54 Å². The summed E-state index contributed by atoms with van der Waals surface area (Å²) in [5.41, 5.74) is 0.923. The number of rotatable bonds is 4. The van der Waals surface area contributed by atoms with Crippen molar-refractivity contribution in [1.82, 2.24) is 15.2 Å². The van der Waals surface area contributed by atoms with Crippen LogP contribution in [0.1, 0.15) is 5.69 Å². The van der Waals surface area contributed by atoms with Crippen LogP contribution in [0.5, 0.6) is 5.75 Å². The Bertz CT molecular complexity index is 342. The van der Waals surface area contributed by atoms with Gasteiger partial charge in [-0.05, 0) is 19.2 Å². The summed E-state index contributed by atoms with van der Waals surface area (Å²) in [7, 11) is 2.11. The van der Waals surface area contributed by atoms with Crippen LogP contribution in [0.25, 0.3) is 0 Å². The third-order valence-electron chi connectivity index (χ3n) is 2.83. The lowest BCUT2D eigenvalue weighted by Gasteiger charge is -2.30. The number of morpholine rings is 1. The molecular formula is C12H19N3O2. The van der Waals surface area contributed by atoms with Crippen LogP contribution in [-0.2, 0) is 11.3 Å². The molecule has 17 heavy (non-hydrogen) atoms. The normalized spacial score (nSPS) is 21.6. The zero-order valence-corrected chi connectivity index (χ0v) is 10.1. The predicted octanol–water partition coefficient (Wildman–Crippen LogP) is 0.207. The molecule has 0 radical (unpaired) electrons. The molecule has 0 aromatic carbocycles. The topological polar surface area (TPSA) is 57.6 Å². The average molecular weight is 237 g/mol. The molecule has 2 N–H and O–H groups in total. The lowest BCUT2D eigenvalue weighted by atomic mass is 10.2. The van der Waals surface area contributed by atoms with Gasteiger partial charge in [0.05, 0.1) is 24.6 Å². The highest BCUT2D eigenvalue weighted by Crippen LogP contribution is 2.06. The van der Waals surface area contributed by atoms with Crippen molar-refractivity contribution in [3.05, 3.63) is 24.0 Å². The zero-order chi connectivity index (χ0) is 12.1. The number of ether oxygens (including phenoxy) is 1. The maximum absolute atomic E-state index is 9.11. The Balaban J connectivity index is 1.70. The summed E-state index contributed by atoms with van der Waals surface area (Å²) in [6.07, 6.45) is 1.72. The quantitative estimate of drug-likeness (QED) is 0.784. The minimum Gasteiger partial charge on any atom is -0.506 e. The van der Waals surface area contributed by atoms with Gasteiger partial charge in [0.1, 0.15) is 5.75 Å². The highest BCUT2D eigenvalue weighted by Gasteiger charge is 2.16. The van der Waals surface area contributed by atoms with E-state index in [2.05, 4.69) is 22.2 Å². The van der Waals surface area contributed by atoms with Crippen LogP contribution >= 0.6 is 0 Å². The molecule has 0 aliphatic carbocycles. The van der Waals surface area contributed by atoms with Gasteiger partial charge in [0.15, 0.2) is 0 Å². The number of hydrogen-bond donors (Lipinski definition) is 2. The van der Waals surface area contributed by atoms with E-state index in [9.17, 15) is 0 Å². The van der Waals surface area contributed by atoms with Crippen LogP contribution in [0.3, 0.4) is 0 Å². The van der Waals surface area contributed by atoms with E-state index >= 15 is 0 Å². The lowest BCUT2D eigenvalue weighted by molar-refractivity contribution is -0.0182. The van der Waals surface area contributed by atoms with E-state index in [1.165, 1.54) is 6.20 Å². The maximum atomic E-state index is 9.11. The summed E-state index contributed by atoms with van der Waals surface area (Å²) in [6, 6.07) is 3.46.